The van der Waals surface area contributed by atoms with Crippen LogP contribution in [0.2, 0.25) is 0 Å². The molecule has 0 spiro atoms. The first-order chi connectivity index (χ1) is 8.08. The Kier molecular flexibility index (Phi) is 3.19. The summed E-state index contributed by atoms with van der Waals surface area (Å²) in [6.07, 6.45) is 0.760. The maximum absolute atomic E-state index is 13.5. The maximum atomic E-state index is 13.5. The highest BCUT2D eigenvalue weighted by molar-refractivity contribution is 5.52. The number of benzene rings is 1. The van der Waals surface area contributed by atoms with E-state index in [9.17, 15) is 18.9 Å². The first kappa shape index (κ1) is 11.7. The molecular weight excluding hydrogens is 232 g/mol. The third-order valence-corrected chi connectivity index (χ3v) is 2.65. The molecule has 1 aromatic rings. The van der Waals surface area contributed by atoms with Crippen LogP contribution in [0.1, 0.15) is 6.42 Å². The first-order valence-electron chi connectivity index (χ1n) is 5.18. The van der Waals surface area contributed by atoms with Gasteiger partial charge in [0.25, 0.3) is 5.69 Å². The van der Waals surface area contributed by atoms with Crippen LogP contribution >= 0.6 is 0 Å². The minimum Gasteiger partial charge on any atom is -0.376 e. The Hall–Kier alpha value is -1.76. The molecule has 5 nitrogen and oxygen atoms in total. The SMILES string of the molecule is O=[N+]([O-])c1cc(F)c(NC2CCNC2)c(F)c1. The number of hydrogen-bond acceptors (Lipinski definition) is 4. The smallest absolute Gasteiger partial charge is 0.275 e. The molecule has 7 heteroatoms. The van der Waals surface area contributed by atoms with E-state index in [1.54, 1.807) is 0 Å². The number of nitrogens with one attached hydrogen (secondary N) is 2. The van der Waals surface area contributed by atoms with Crippen molar-refractivity contribution in [1.29, 1.82) is 0 Å². The summed E-state index contributed by atoms with van der Waals surface area (Å²) in [6.45, 7) is 1.41. The van der Waals surface area contributed by atoms with Crippen molar-refractivity contribution in [2.24, 2.45) is 0 Å². The van der Waals surface area contributed by atoms with Crippen molar-refractivity contribution < 1.29 is 13.7 Å². The predicted octanol–water partition coefficient (Wildman–Crippen LogP) is 1.65. The zero-order valence-corrected chi connectivity index (χ0v) is 8.87. The fourth-order valence-corrected chi connectivity index (χ4v) is 1.79. The molecule has 1 aliphatic rings. The molecule has 1 atom stereocenters. The normalized spacial score (nSPS) is 19.3. The van der Waals surface area contributed by atoms with Gasteiger partial charge in [-0.1, -0.05) is 0 Å². The Morgan fingerprint density at radius 1 is 1.41 bits per heavy atom. The maximum Gasteiger partial charge on any atom is 0.275 e. The van der Waals surface area contributed by atoms with Crippen molar-refractivity contribution in [3.8, 4) is 0 Å². The van der Waals surface area contributed by atoms with Crippen molar-refractivity contribution in [2.45, 2.75) is 12.5 Å². The summed E-state index contributed by atoms with van der Waals surface area (Å²) < 4.78 is 27.0. The Morgan fingerprint density at radius 2 is 2.06 bits per heavy atom. The van der Waals surface area contributed by atoms with Gasteiger partial charge in [0, 0.05) is 12.6 Å². The van der Waals surface area contributed by atoms with Crippen molar-refractivity contribution in [1.82, 2.24) is 5.32 Å². The number of anilines is 1. The van der Waals surface area contributed by atoms with Crippen LogP contribution in [0.5, 0.6) is 0 Å². The number of hydrogen-bond donors (Lipinski definition) is 2. The van der Waals surface area contributed by atoms with E-state index < -0.39 is 22.2 Å². The Balaban J connectivity index is 2.24. The molecule has 2 N–H and O–H groups in total. The predicted molar refractivity (Wildman–Crippen MR) is 57.9 cm³/mol. The number of nitro groups is 1. The standard InChI is InChI=1S/C10H11F2N3O2/c11-8-3-7(15(16)17)4-9(12)10(8)14-6-1-2-13-5-6/h3-4,6,13-14H,1-2,5H2. The highest BCUT2D eigenvalue weighted by atomic mass is 19.1. The second kappa shape index (κ2) is 4.62. The lowest BCUT2D eigenvalue weighted by atomic mass is 10.2. The van der Waals surface area contributed by atoms with Gasteiger partial charge in [0.1, 0.15) is 5.69 Å². The van der Waals surface area contributed by atoms with Crippen LogP contribution < -0.4 is 10.6 Å². The van der Waals surface area contributed by atoms with Crippen LogP contribution in [0.4, 0.5) is 20.2 Å². The van der Waals surface area contributed by atoms with Crippen LogP contribution in [-0.2, 0) is 0 Å². The number of rotatable bonds is 3. The van der Waals surface area contributed by atoms with Gasteiger partial charge in [-0.3, -0.25) is 10.1 Å². The Labute approximate surface area is 96.0 Å². The second-order valence-corrected chi connectivity index (χ2v) is 3.88. The highest BCUT2D eigenvalue weighted by Crippen LogP contribution is 2.25. The van der Waals surface area contributed by atoms with E-state index in [-0.39, 0.29) is 11.7 Å². The molecule has 0 aliphatic carbocycles. The van der Waals surface area contributed by atoms with Crippen LogP contribution in [0.3, 0.4) is 0 Å². The third kappa shape index (κ3) is 2.50. The molecule has 1 fully saturated rings. The van der Waals surface area contributed by atoms with Gasteiger partial charge in [0.15, 0.2) is 11.6 Å². The molecule has 92 valence electrons. The first-order valence-corrected chi connectivity index (χ1v) is 5.18. The lowest BCUT2D eigenvalue weighted by Gasteiger charge is -2.14. The molecule has 0 aromatic heterocycles. The lowest BCUT2D eigenvalue weighted by molar-refractivity contribution is -0.385. The van der Waals surface area contributed by atoms with Gasteiger partial charge in [-0.2, -0.15) is 0 Å². The summed E-state index contributed by atoms with van der Waals surface area (Å²) in [7, 11) is 0. The van der Waals surface area contributed by atoms with Gasteiger partial charge >= 0.3 is 0 Å². The highest BCUT2D eigenvalue weighted by Gasteiger charge is 2.21. The average molecular weight is 243 g/mol. The minimum atomic E-state index is -0.941. The molecule has 0 bridgehead atoms. The molecule has 0 saturated carbocycles. The van der Waals surface area contributed by atoms with E-state index in [4.69, 9.17) is 0 Å². The molecule has 2 rings (SSSR count). The van der Waals surface area contributed by atoms with Crippen LogP contribution in [0.15, 0.2) is 12.1 Å². The molecule has 0 radical (unpaired) electrons. The lowest BCUT2D eigenvalue weighted by Crippen LogP contribution is -2.23. The van der Waals surface area contributed by atoms with Gasteiger partial charge in [0.2, 0.25) is 0 Å². The van der Waals surface area contributed by atoms with Crippen molar-refractivity contribution in [3.63, 3.8) is 0 Å². The molecule has 1 unspecified atom stereocenters. The monoisotopic (exact) mass is 243 g/mol. The van der Waals surface area contributed by atoms with Gasteiger partial charge in [0.05, 0.1) is 17.1 Å². The Morgan fingerprint density at radius 3 is 2.53 bits per heavy atom. The Bertz CT molecular complexity index is 424. The van der Waals surface area contributed by atoms with E-state index >= 15 is 0 Å². The van der Waals surface area contributed by atoms with Gasteiger partial charge in [-0.25, -0.2) is 8.78 Å². The fraction of sp³-hybridized carbons (Fsp3) is 0.400. The molecular formula is C10H11F2N3O2. The second-order valence-electron chi connectivity index (χ2n) is 3.88. The van der Waals surface area contributed by atoms with Crippen molar-refractivity contribution >= 4 is 11.4 Å². The summed E-state index contributed by atoms with van der Waals surface area (Å²) in [4.78, 5) is 9.58. The van der Waals surface area contributed by atoms with E-state index in [0.29, 0.717) is 18.7 Å². The summed E-state index contributed by atoms with van der Waals surface area (Å²) in [6, 6.07) is 1.38. The number of non-ortho nitro benzene ring substituents is 1. The number of nitro benzene ring substituents is 1. The van der Waals surface area contributed by atoms with Gasteiger partial charge < -0.3 is 10.6 Å². The quantitative estimate of drug-likeness (QED) is 0.625. The zero-order chi connectivity index (χ0) is 12.4. The van der Waals surface area contributed by atoms with Crippen LogP contribution in [0, 0.1) is 21.7 Å². The zero-order valence-electron chi connectivity index (χ0n) is 8.87. The summed E-state index contributed by atoms with van der Waals surface area (Å²) in [5.41, 5.74) is -0.889. The van der Waals surface area contributed by atoms with E-state index in [2.05, 4.69) is 10.6 Å². The summed E-state index contributed by atoms with van der Waals surface area (Å²) in [5.74, 6) is -1.88. The number of halogens is 2. The molecule has 0 amide bonds. The van der Waals surface area contributed by atoms with E-state index in [1.165, 1.54) is 0 Å². The molecule has 1 aromatic carbocycles. The molecule has 1 aliphatic heterocycles. The topological polar surface area (TPSA) is 67.2 Å². The average Bonchev–Trinajstić information content (AvgIpc) is 2.75. The van der Waals surface area contributed by atoms with Crippen molar-refractivity contribution in [2.75, 3.05) is 18.4 Å². The summed E-state index contributed by atoms with van der Waals surface area (Å²) >= 11 is 0. The van der Waals surface area contributed by atoms with E-state index in [0.717, 1.165) is 13.0 Å². The minimum absolute atomic E-state index is 0.0551. The number of nitrogens with zero attached hydrogens (tertiary/aromatic N) is 1. The largest absolute Gasteiger partial charge is 0.376 e. The van der Waals surface area contributed by atoms with Crippen LogP contribution in [0.25, 0.3) is 0 Å². The fourth-order valence-electron chi connectivity index (χ4n) is 1.79. The van der Waals surface area contributed by atoms with Crippen molar-refractivity contribution in [3.05, 3.63) is 33.9 Å². The summed E-state index contributed by atoms with van der Waals surface area (Å²) in [5, 5.41) is 16.2. The van der Waals surface area contributed by atoms with Gasteiger partial charge in [-0.15, -0.1) is 0 Å². The van der Waals surface area contributed by atoms with E-state index in [1.807, 2.05) is 0 Å². The molecule has 1 heterocycles. The van der Waals surface area contributed by atoms with Gasteiger partial charge in [-0.05, 0) is 13.0 Å². The van der Waals surface area contributed by atoms with Crippen LogP contribution in [-0.4, -0.2) is 24.1 Å². The molecule has 1 saturated heterocycles. The molecule has 17 heavy (non-hydrogen) atoms. The third-order valence-electron chi connectivity index (χ3n) is 2.65.